The van der Waals surface area contributed by atoms with E-state index in [1.807, 2.05) is 0 Å². The number of hydrogen-bond donors (Lipinski definition) is 3. The number of aliphatic hydroxyl groups excluding tert-OH is 1. The molecule has 1 aromatic carbocycles. The van der Waals surface area contributed by atoms with Gasteiger partial charge in [0.25, 0.3) is 0 Å². The van der Waals surface area contributed by atoms with Crippen LogP contribution in [0.25, 0.3) is 0 Å². The van der Waals surface area contributed by atoms with Gasteiger partial charge in [-0.15, -0.1) is 0 Å². The summed E-state index contributed by atoms with van der Waals surface area (Å²) in [6, 6.07) is 5.98. The Morgan fingerprint density at radius 1 is 1.20 bits per heavy atom. The van der Waals surface area contributed by atoms with E-state index in [-0.39, 0.29) is 12.0 Å². The van der Waals surface area contributed by atoms with Gasteiger partial charge in [-0.2, -0.15) is 0 Å². The first-order valence-electron chi connectivity index (χ1n) is 4.24. The fraction of sp³-hybridized carbons (Fsp3) is 0.200. The number of aliphatic hydroxyl groups is 1. The summed E-state index contributed by atoms with van der Waals surface area (Å²) in [6.45, 7) is 0. The van der Waals surface area contributed by atoms with Crippen LogP contribution in [-0.2, 0) is 11.2 Å². The first-order chi connectivity index (χ1) is 7.02. The lowest BCUT2D eigenvalue weighted by Crippen LogP contribution is -2.23. The van der Waals surface area contributed by atoms with Gasteiger partial charge in [0.05, 0.1) is 5.56 Å². The fourth-order valence-electron chi connectivity index (χ4n) is 1.20. The molecule has 0 aliphatic carbocycles. The normalized spacial score (nSPS) is 12.1. The van der Waals surface area contributed by atoms with E-state index in [1.165, 1.54) is 12.1 Å². The molecule has 0 aromatic heterocycles. The Morgan fingerprint density at radius 2 is 1.80 bits per heavy atom. The molecule has 3 N–H and O–H groups in total. The zero-order valence-electron chi connectivity index (χ0n) is 7.75. The van der Waals surface area contributed by atoms with Crippen LogP contribution in [0, 0.1) is 0 Å². The van der Waals surface area contributed by atoms with E-state index in [2.05, 4.69) is 0 Å². The summed E-state index contributed by atoms with van der Waals surface area (Å²) in [6.07, 6.45) is -1.79. The molecule has 80 valence electrons. The van der Waals surface area contributed by atoms with Gasteiger partial charge >= 0.3 is 11.9 Å². The van der Waals surface area contributed by atoms with Crippen LogP contribution in [0.4, 0.5) is 0 Å². The van der Waals surface area contributed by atoms with E-state index in [9.17, 15) is 9.59 Å². The number of carboxylic acid groups (broad SMARTS) is 2. The molecule has 0 aliphatic heterocycles. The predicted octanol–water partition coefficient (Wildman–Crippen LogP) is 0.373. The molecule has 0 saturated carbocycles. The highest BCUT2D eigenvalue weighted by atomic mass is 16.4. The van der Waals surface area contributed by atoms with Crippen LogP contribution >= 0.6 is 0 Å². The quantitative estimate of drug-likeness (QED) is 0.667. The first kappa shape index (κ1) is 11.2. The summed E-state index contributed by atoms with van der Waals surface area (Å²) in [5, 5.41) is 26.4. The Kier molecular flexibility index (Phi) is 3.41. The zero-order valence-corrected chi connectivity index (χ0v) is 7.75. The van der Waals surface area contributed by atoms with Crippen LogP contribution in [-0.4, -0.2) is 33.4 Å². The molecule has 0 spiro atoms. The Hall–Kier alpha value is -1.88. The number of aromatic carboxylic acids is 1. The predicted molar refractivity (Wildman–Crippen MR) is 50.7 cm³/mol. The van der Waals surface area contributed by atoms with Crippen LogP contribution in [0.2, 0.25) is 0 Å². The molecule has 15 heavy (non-hydrogen) atoms. The van der Waals surface area contributed by atoms with Crippen molar-refractivity contribution in [3.8, 4) is 0 Å². The summed E-state index contributed by atoms with van der Waals surface area (Å²) < 4.78 is 0. The molecule has 5 nitrogen and oxygen atoms in total. The highest BCUT2D eigenvalue weighted by Gasteiger charge is 2.17. The van der Waals surface area contributed by atoms with Gasteiger partial charge in [0.1, 0.15) is 0 Å². The summed E-state index contributed by atoms with van der Waals surface area (Å²) in [5.41, 5.74) is 0.317. The Bertz CT molecular complexity index is 385. The summed E-state index contributed by atoms with van der Waals surface area (Å²) in [5.74, 6) is -2.50. The Balaban J connectivity index is 2.94. The van der Waals surface area contributed by atoms with Crippen molar-refractivity contribution in [2.75, 3.05) is 0 Å². The average Bonchev–Trinajstić information content (AvgIpc) is 2.18. The number of carboxylic acids is 2. The SMILES string of the molecule is O=C(O)c1ccccc1CC(O)C(=O)O. The van der Waals surface area contributed by atoms with Gasteiger partial charge in [-0.1, -0.05) is 18.2 Å². The van der Waals surface area contributed by atoms with Crippen LogP contribution in [0.1, 0.15) is 15.9 Å². The highest BCUT2D eigenvalue weighted by Crippen LogP contribution is 2.11. The zero-order chi connectivity index (χ0) is 11.4. The number of benzene rings is 1. The van der Waals surface area contributed by atoms with Crippen molar-refractivity contribution < 1.29 is 24.9 Å². The number of rotatable bonds is 4. The van der Waals surface area contributed by atoms with E-state index in [0.29, 0.717) is 5.56 Å². The van der Waals surface area contributed by atoms with Gasteiger partial charge < -0.3 is 15.3 Å². The van der Waals surface area contributed by atoms with Crippen LogP contribution in [0.5, 0.6) is 0 Å². The van der Waals surface area contributed by atoms with Gasteiger partial charge in [0.15, 0.2) is 6.10 Å². The molecule has 0 saturated heterocycles. The molecule has 1 rings (SSSR count). The van der Waals surface area contributed by atoms with Crippen LogP contribution < -0.4 is 0 Å². The molecule has 0 fully saturated rings. The number of carbonyl (C=O) groups is 2. The Morgan fingerprint density at radius 3 is 2.33 bits per heavy atom. The molecule has 0 heterocycles. The van der Waals surface area contributed by atoms with Crippen LogP contribution in [0.15, 0.2) is 24.3 Å². The third kappa shape index (κ3) is 2.78. The maximum Gasteiger partial charge on any atom is 0.335 e. The minimum absolute atomic E-state index is 0.0119. The molecule has 5 heteroatoms. The molecular weight excluding hydrogens is 200 g/mol. The van der Waals surface area contributed by atoms with Crippen molar-refractivity contribution in [3.63, 3.8) is 0 Å². The average molecular weight is 210 g/mol. The fourth-order valence-corrected chi connectivity index (χ4v) is 1.20. The smallest absolute Gasteiger partial charge is 0.335 e. The second-order valence-electron chi connectivity index (χ2n) is 3.02. The molecule has 1 aromatic rings. The second-order valence-corrected chi connectivity index (χ2v) is 3.02. The van der Waals surface area contributed by atoms with E-state index >= 15 is 0 Å². The largest absolute Gasteiger partial charge is 0.479 e. The third-order valence-electron chi connectivity index (χ3n) is 1.95. The standard InChI is InChI=1S/C10H10O5/c11-8(10(14)15)5-6-3-1-2-4-7(6)9(12)13/h1-4,8,11H,5H2,(H,12,13)(H,14,15). The third-order valence-corrected chi connectivity index (χ3v) is 1.95. The van der Waals surface area contributed by atoms with Crippen molar-refractivity contribution in [1.82, 2.24) is 0 Å². The lowest BCUT2D eigenvalue weighted by Gasteiger charge is -2.07. The maximum absolute atomic E-state index is 10.7. The molecule has 0 radical (unpaired) electrons. The minimum Gasteiger partial charge on any atom is -0.479 e. The van der Waals surface area contributed by atoms with E-state index in [0.717, 1.165) is 0 Å². The van der Waals surface area contributed by atoms with Gasteiger partial charge in [0.2, 0.25) is 0 Å². The second kappa shape index (κ2) is 4.56. The van der Waals surface area contributed by atoms with Gasteiger partial charge in [-0.3, -0.25) is 0 Å². The molecule has 1 atom stereocenters. The van der Waals surface area contributed by atoms with E-state index in [1.54, 1.807) is 12.1 Å². The molecule has 0 bridgehead atoms. The molecule has 0 amide bonds. The summed E-state index contributed by atoms with van der Waals surface area (Å²) in [7, 11) is 0. The lowest BCUT2D eigenvalue weighted by atomic mass is 10.0. The number of hydrogen-bond acceptors (Lipinski definition) is 3. The van der Waals surface area contributed by atoms with Crippen molar-refractivity contribution in [3.05, 3.63) is 35.4 Å². The van der Waals surface area contributed by atoms with Crippen molar-refractivity contribution in [2.45, 2.75) is 12.5 Å². The van der Waals surface area contributed by atoms with E-state index < -0.39 is 18.0 Å². The van der Waals surface area contributed by atoms with Gasteiger partial charge in [0, 0.05) is 6.42 Å². The van der Waals surface area contributed by atoms with Gasteiger partial charge in [-0.05, 0) is 11.6 Å². The molecule has 0 aliphatic rings. The van der Waals surface area contributed by atoms with Crippen molar-refractivity contribution in [2.24, 2.45) is 0 Å². The van der Waals surface area contributed by atoms with Crippen molar-refractivity contribution >= 4 is 11.9 Å². The molecular formula is C10H10O5. The monoisotopic (exact) mass is 210 g/mol. The maximum atomic E-state index is 10.7. The topological polar surface area (TPSA) is 94.8 Å². The first-order valence-corrected chi connectivity index (χ1v) is 4.24. The van der Waals surface area contributed by atoms with E-state index in [4.69, 9.17) is 15.3 Å². The summed E-state index contributed by atoms with van der Waals surface area (Å²) >= 11 is 0. The number of aliphatic carboxylic acids is 1. The van der Waals surface area contributed by atoms with Gasteiger partial charge in [-0.25, -0.2) is 9.59 Å². The minimum atomic E-state index is -1.58. The highest BCUT2D eigenvalue weighted by molar-refractivity contribution is 5.89. The van der Waals surface area contributed by atoms with Crippen molar-refractivity contribution in [1.29, 1.82) is 0 Å². The Labute approximate surface area is 85.6 Å². The lowest BCUT2D eigenvalue weighted by molar-refractivity contribution is -0.146. The molecule has 1 unspecified atom stereocenters. The van der Waals surface area contributed by atoms with Crippen LogP contribution in [0.3, 0.4) is 0 Å². The summed E-state index contributed by atoms with van der Waals surface area (Å²) in [4.78, 5) is 21.1.